The Labute approximate surface area is 92.2 Å². The molecule has 1 aromatic rings. The van der Waals surface area contributed by atoms with Gasteiger partial charge in [0.05, 0.1) is 37.7 Å². The second-order valence-electron chi connectivity index (χ2n) is 3.61. The predicted molar refractivity (Wildman–Crippen MR) is 55.7 cm³/mol. The third-order valence-corrected chi connectivity index (χ3v) is 2.58. The monoisotopic (exact) mass is 226 g/mol. The van der Waals surface area contributed by atoms with Crippen molar-refractivity contribution in [3.63, 3.8) is 0 Å². The van der Waals surface area contributed by atoms with Crippen LogP contribution in [-0.2, 0) is 4.74 Å². The molecule has 2 heterocycles. The molecule has 1 atom stereocenters. The lowest BCUT2D eigenvalue weighted by molar-refractivity contribution is -0.0186. The average molecular weight is 226 g/mol. The fourth-order valence-corrected chi connectivity index (χ4v) is 1.68. The van der Waals surface area contributed by atoms with Crippen molar-refractivity contribution in [1.29, 1.82) is 0 Å². The summed E-state index contributed by atoms with van der Waals surface area (Å²) < 4.78 is 5.19. The number of rotatable bonds is 2. The number of aromatic amines is 1. The Hall–Kier alpha value is -1.60. The quantitative estimate of drug-likeness (QED) is 0.589. The highest BCUT2D eigenvalue weighted by atomic mass is 16.5. The van der Waals surface area contributed by atoms with Gasteiger partial charge in [-0.25, -0.2) is 0 Å². The minimum atomic E-state index is -0.316. The number of ether oxygens (including phenoxy) is 1. The standard InChI is InChI=1S/C9H14N4O3/c10-7-3-11-12-8(7)9(15)13-1-2-16-5-6(13)4-14/h3,6,14H,1-2,4-5,10H2,(H,11,12). The Bertz CT molecular complexity index is 379. The van der Waals surface area contributed by atoms with Crippen LogP contribution in [0.5, 0.6) is 0 Å². The maximum atomic E-state index is 12.1. The molecule has 88 valence electrons. The largest absolute Gasteiger partial charge is 0.396 e. The number of nitrogens with two attached hydrogens (primary N) is 1. The van der Waals surface area contributed by atoms with Gasteiger partial charge in [-0.2, -0.15) is 5.10 Å². The molecular formula is C9H14N4O3. The second kappa shape index (κ2) is 4.50. The molecule has 0 saturated carbocycles. The normalized spacial score (nSPS) is 21.1. The molecule has 0 aliphatic carbocycles. The Balaban J connectivity index is 2.17. The van der Waals surface area contributed by atoms with E-state index in [9.17, 15) is 4.79 Å². The summed E-state index contributed by atoms with van der Waals surface area (Å²) in [6.07, 6.45) is 1.39. The summed E-state index contributed by atoms with van der Waals surface area (Å²) in [6, 6.07) is -0.316. The molecular weight excluding hydrogens is 212 g/mol. The lowest BCUT2D eigenvalue weighted by Gasteiger charge is -2.34. The number of morpholine rings is 1. The fraction of sp³-hybridized carbons (Fsp3) is 0.556. The molecule has 0 radical (unpaired) electrons. The molecule has 1 fully saturated rings. The molecule has 0 bridgehead atoms. The third-order valence-electron chi connectivity index (χ3n) is 2.58. The number of carbonyl (C=O) groups excluding carboxylic acids is 1. The topological polar surface area (TPSA) is 104 Å². The zero-order chi connectivity index (χ0) is 11.5. The van der Waals surface area contributed by atoms with Gasteiger partial charge >= 0.3 is 0 Å². The molecule has 1 unspecified atom stereocenters. The van der Waals surface area contributed by atoms with Crippen molar-refractivity contribution in [3.8, 4) is 0 Å². The first-order chi connectivity index (χ1) is 7.74. The van der Waals surface area contributed by atoms with E-state index in [2.05, 4.69) is 10.2 Å². The lowest BCUT2D eigenvalue weighted by Crippen LogP contribution is -2.50. The van der Waals surface area contributed by atoms with Gasteiger partial charge in [0.15, 0.2) is 0 Å². The van der Waals surface area contributed by atoms with E-state index in [1.165, 1.54) is 6.20 Å². The van der Waals surface area contributed by atoms with Crippen LogP contribution in [0.3, 0.4) is 0 Å². The number of nitrogens with one attached hydrogen (secondary N) is 1. The summed E-state index contributed by atoms with van der Waals surface area (Å²) in [4.78, 5) is 13.6. The maximum Gasteiger partial charge on any atom is 0.274 e. The number of nitrogen functional groups attached to an aromatic ring is 1. The van der Waals surface area contributed by atoms with Crippen molar-refractivity contribution in [1.82, 2.24) is 15.1 Å². The van der Waals surface area contributed by atoms with Crippen LogP contribution < -0.4 is 5.73 Å². The van der Waals surface area contributed by atoms with E-state index in [0.29, 0.717) is 25.4 Å². The van der Waals surface area contributed by atoms with Gasteiger partial charge in [-0.3, -0.25) is 9.89 Å². The number of anilines is 1. The molecule has 1 aliphatic rings. The summed E-state index contributed by atoms with van der Waals surface area (Å²) in [5, 5.41) is 15.4. The molecule has 1 amide bonds. The zero-order valence-corrected chi connectivity index (χ0v) is 8.72. The average Bonchev–Trinajstić information content (AvgIpc) is 2.74. The van der Waals surface area contributed by atoms with Gasteiger partial charge in [0.2, 0.25) is 0 Å². The number of aliphatic hydroxyl groups is 1. The van der Waals surface area contributed by atoms with Gasteiger partial charge < -0.3 is 20.5 Å². The van der Waals surface area contributed by atoms with Gasteiger partial charge in [0.1, 0.15) is 5.69 Å². The predicted octanol–water partition coefficient (Wildman–Crippen LogP) is -1.17. The first-order valence-corrected chi connectivity index (χ1v) is 5.02. The van der Waals surface area contributed by atoms with Crippen molar-refractivity contribution in [3.05, 3.63) is 11.9 Å². The number of aliphatic hydroxyl groups excluding tert-OH is 1. The van der Waals surface area contributed by atoms with Crippen LogP contribution in [0.4, 0.5) is 5.69 Å². The summed E-state index contributed by atoms with van der Waals surface area (Å²) in [5.74, 6) is -0.252. The van der Waals surface area contributed by atoms with Crippen LogP contribution in [0.25, 0.3) is 0 Å². The smallest absolute Gasteiger partial charge is 0.274 e. The Kier molecular flexibility index (Phi) is 3.07. The Morgan fingerprint density at radius 1 is 1.81 bits per heavy atom. The Morgan fingerprint density at radius 2 is 2.62 bits per heavy atom. The van der Waals surface area contributed by atoms with Crippen LogP contribution in [0.15, 0.2) is 6.20 Å². The summed E-state index contributed by atoms with van der Waals surface area (Å²) in [5.41, 5.74) is 6.18. The van der Waals surface area contributed by atoms with Gasteiger partial charge in [-0.1, -0.05) is 0 Å². The van der Waals surface area contributed by atoms with E-state index in [0.717, 1.165) is 0 Å². The molecule has 1 aliphatic heterocycles. The first kappa shape index (κ1) is 10.9. The third kappa shape index (κ3) is 1.86. The molecule has 1 saturated heterocycles. The summed E-state index contributed by atoms with van der Waals surface area (Å²) >= 11 is 0. The summed E-state index contributed by atoms with van der Waals surface area (Å²) in [7, 11) is 0. The number of carbonyl (C=O) groups is 1. The van der Waals surface area contributed by atoms with E-state index in [1.807, 2.05) is 0 Å². The highest BCUT2D eigenvalue weighted by Gasteiger charge is 2.29. The van der Waals surface area contributed by atoms with E-state index in [4.69, 9.17) is 15.6 Å². The fourth-order valence-electron chi connectivity index (χ4n) is 1.68. The highest BCUT2D eigenvalue weighted by Crippen LogP contribution is 2.14. The van der Waals surface area contributed by atoms with Crippen molar-refractivity contribution in [2.45, 2.75) is 6.04 Å². The lowest BCUT2D eigenvalue weighted by atomic mass is 10.2. The number of aromatic nitrogens is 2. The van der Waals surface area contributed by atoms with Crippen LogP contribution in [0.1, 0.15) is 10.5 Å². The van der Waals surface area contributed by atoms with E-state index < -0.39 is 0 Å². The van der Waals surface area contributed by atoms with Crippen LogP contribution >= 0.6 is 0 Å². The van der Waals surface area contributed by atoms with Crippen molar-refractivity contribution < 1.29 is 14.6 Å². The van der Waals surface area contributed by atoms with Gasteiger partial charge in [0, 0.05) is 6.54 Å². The minimum Gasteiger partial charge on any atom is -0.396 e. The van der Waals surface area contributed by atoms with Crippen LogP contribution in [0, 0.1) is 0 Å². The number of hydrogen-bond donors (Lipinski definition) is 3. The highest BCUT2D eigenvalue weighted by molar-refractivity contribution is 5.97. The number of hydrogen-bond acceptors (Lipinski definition) is 5. The number of amides is 1. The number of nitrogens with zero attached hydrogens (tertiary/aromatic N) is 2. The molecule has 1 aromatic heterocycles. The van der Waals surface area contributed by atoms with Gasteiger partial charge in [-0.15, -0.1) is 0 Å². The molecule has 2 rings (SSSR count). The van der Waals surface area contributed by atoms with E-state index in [-0.39, 0.29) is 24.2 Å². The van der Waals surface area contributed by atoms with Gasteiger partial charge in [0.25, 0.3) is 5.91 Å². The molecule has 7 nitrogen and oxygen atoms in total. The van der Waals surface area contributed by atoms with Gasteiger partial charge in [-0.05, 0) is 0 Å². The van der Waals surface area contributed by atoms with Crippen LogP contribution in [-0.4, -0.2) is 58.5 Å². The first-order valence-electron chi connectivity index (χ1n) is 5.02. The van der Waals surface area contributed by atoms with Crippen LogP contribution in [0.2, 0.25) is 0 Å². The summed E-state index contributed by atoms with van der Waals surface area (Å²) in [6.45, 7) is 1.13. The molecule has 16 heavy (non-hydrogen) atoms. The molecule has 4 N–H and O–H groups in total. The van der Waals surface area contributed by atoms with Crippen molar-refractivity contribution in [2.75, 3.05) is 32.1 Å². The SMILES string of the molecule is Nc1cn[nH]c1C(=O)N1CCOCC1CO. The number of H-pyrrole nitrogens is 1. The molecule has 7 heteroatoms. The zero-order valence-electron chi connectivity index (χ0n) is 8.72. The van der Waals surface area contributed by atoms with Crippen molar-refractivity contribution in [2.24, 2.45) is 0 Å². The minimum absolute atomic E-state index is 0.125. The maximum absolute atomic E-state index is 12.1. The van der Waals surface area contributed by atoms with Crippen molar-refractivity contribution >= 4 is 11.6 Å². The van der Waals surface area contributed by atoms with E-state index in [1.54, 1.807) is 4.90 Å². The van der Waals surface area contributed by atoms with E-state index >= 15 is 0 Å². The second-order valence-corrected chi connectivity index (χ2v) is 3.61. The Morgan fingerprint density at radius 3 is 3.25 bits per heavy atom. The molecule has 0 spiro atoms. The molecule has 0 aromatic carbocycles.